The third-order valence-electron chi connectivity index (χ3n) is 7.00. The summed E-state index contributed by atoms with van der Waals surface area (Å²) >= 11 is 0. The number of benzene rings is 1. The average molecular weight is 402 g/mol. The molecule has 2 unspecified atom stereocenters. The summed E-state index contributed by atoms with van der Waals surface area (Å²) in [6.45, 7) is 5.57. The van der Waals surface area contributed by atoms with Crippen LogP contribution in [0.1, 0.15) is 54.4 Å². The minimum absolute atomic E-state index is 0.129. The molecule has 2 aliphatic heterocycles. The number of nitrogens with zero attached hydrogens (tertiary/aromatic N) is 3. The number of piperidine rings is 1. The molecule has 0 N–H and O–H groups in total. The van der Waals surface area contributed by atoms with Crippen LogP contribution in [0.5, 0.6) is 0 Å². The van der Waals surface area contributed by atoms with Crippen LogP contribution in [0.3, 0.4) is 0 Å². The van der Waals surface area contributed by atoms with E-state index in [1.54, 1.807) is 24.0 Å². The topological polar surface area (TPSA) is 43.9 Å². The van der Waals surface area contributed by atoms with Gasteiger partial charge in [0.1, 0.15) is 5.82 Å². The minimum Gasteiger partial charge on any atom is -0.338 e. The molecular weight excluding hydrogens is 369 g/mol. The number of carbonyl (C=O) groups is 2. The van der Waals surface area contributed by atoms with Crippen molar-refractivity contribution in [2.75, 3.05) is 39.3 Å². The Hall–Kier alpha value is -1.95. The van der Waals surface area contributed by atoms with Gasteiger partial charge in [0.15, 0.2) is 0 Å². The fourth-order valence-corrected chi connectivity index (χ4v) is 5.23. The fourth-order valence-electron chi connectivity index (χ4n) is 5.23. The molecule has 1 aromatic rings. The maximum atomic E-state index is 13.8. The number of halogens is 1. The van der Waals surface area contributed by atoms with Gasteiger partial charge in [-0.25, -0.2) is 4.39 Å². The van der Waals surface area contributed by atoms with Gasteiger partial charge in [-0.1, -0.05) is 18.9 Å². The zero-order valence-electron chi connectivity index (χ0n) is 17.4. The smallest absolute Gasteiger partial charge is 0.254 e. The number of hydrogen-bond donors (Lipinski definition) is 0. The Morgan fingerprint density at radius 1 is 1.00 bits per heavy atom. The zero-order chi connectivity index (χ0) is 20.4. The van der Waals surface area contributed by atoms with Crippen LogP contribution < -0.4 is 0 Å². The number of aryl methyl sites for hydroxylation is 1. The van der Waals surface area contributed by atoms with E-state index >= 15 is 0 Å². The Morgan fingerprint density at radius 2 is 1.72 bits per heavy atom. The van der Waals surface area contributed by atoms with Crippen LogP contribution in [0.15, 0.2) is 18.2 Å². The molecule has 1 saturated carbocycles. The van der Waals surface area contributed by atoms with Gasteiger partial charge in [0, 0.05) is 44.3 Å². The number of rotatable bonds is 3. The maximum absolute atomic E-state index is 13.8. The first-order valence-electron chi connectivity index (χ1n) is 11.1. The Bertz CT molecular complexity index is 758. The largest absolute Gasteiger partial charge is 0.338 e. The quantitative estimate of drug-likeness (QED) is 0.782. The third kappa shape index (κ3) is 4.47. The van der Waals surface area contributed by atoms with Gasteiger partial charge in [-0.3, -0.25) is 14.5 Å². The van der Waals surface area contributed by atoms with Crippen molar-refractivity contribution in [2.45, 2.75) is 51.5 Å². The van der Waals surface area contributed by atoms with Gasteiger partial charge in [-0.05, 0) is 56.2 Å². The molecule has 2 saturated heterocycles. The summed E-state index contributed by atoms with van der Waals surface area (Å²) < 4.78 is 13.8. The summed E-state index contributed by atoms with van der Waals surface area (Å²) in [5, 5.41) is 0. The first-order valence-corrected chi connectivity index (χ1v) is 11.1. The third-order valence-corrected chi connectivity index (χ3v) is 7.00. The van der Waals surface area contributed by atoms with Crippen LogP contribution in [0.4, 0.5) is 4.39 Å². The van der Waals surface area contributed by atoms with Crippen molar-refractivity contribution in [3.63, 3.8) is 0 Å². The van der Waals surface area contributed by atoms with E-state index in [4.69, 9.17) is 0 Å². The van der Waals surface area contributed by atoms with Gasteiger partial charge in [-0.2, -0.15) is 0 Å². The summed E-state index contributed by atoms with van der Waals surface area (Å²) in [6.07, 6.45) is 7.38. The molecule has 1 aromatic carbocycles. The number of piperazine rings is 1. The number of hydrogen-bond acceptors (Lipinski definition) is 3. The molecule has 2 amide bonds. The normalized spacial score (nSPS) is 25.6. The molecule has 158 valence electrons. The number of amides is 2. The van der Waals surface area contributed by atoms with Gasteiger partial charge in [0.25, 0.3) is 5.91 Å². The highest BCUT2D eigenvalue weighted by atomic mass is 19.1. The average Bonchev–Trinajstić information content (AvgIpc) is 2.75. The number of carbonyl (C=O) groups excluding carboxylic acids is 2. The predicted octanol–water partition coefficient (Wildman–Crippen LogP) is 3.07. The summed E-state index contributed by atoms with van der Waals surface area (Å²) in [4.78, 5) is 31.7. The fraction of sp³-hybridized carbons (Fsp3) is 0.652. The minimum atomic E-state index is -0.345. The molecule has 4 rings (SSSR count). The zero-order valence-corrected chi connectivity index (χ0v) is 17.4. The van der Waals surface area contributed by atoms with E-state index in [1.807, 2.05) is 0 Å². The van der Waals surface area contributed by atoms with Gasteiger partial charge >= 0.3 is 0 Å². The van der Waals surface area contributed by atoms with Crippen LogP contribution in [0.2, 0.25) is 0 Å². The van der Waals surface area contributed by atoms with E-state index in [0.717, 1.165) is 19.4 Å². The summed E-state index contributed by atoms with van der Waals surface area (Å²) in [7, 11) is 0. The summed E-state index contributed by atoms with van der Waals surface area (Å²) in [5.74, 6) is 0.478. The lowest BCUT2D eigenvalue weighted by Gasteiger charge is -2.45. The standard InChI is InChI=1S/C23H32FN3O2/c1-17-8-9-19(15-20(17)24)23(29)26-13-11-25(12-14-26)16-22(28)27-10-4-6-18-5-2-3-7-21(18)27/h8-9,15,18,21H,2-7,10-14,16H2,1H3. The lowest BCUT2D eigenvalue weighted by molar-refractivity contribution is -0.139. The molecule has 0 spiro atoms. The number of fused-ring (bicyclic) bond motifs is 1. The monoisotopic (exact) mass is 401 g/mol. The molecule has 0 aromatic heterocycles. The van der Waals surface area contributed by atoms with E-state index in [2.05, 4.69) is 9.80 Å². The van der Waals surface area contributed by atoms with E-state index in [9.17, 15) is 14.0 Å². The SMILES string of the molecule is Cc1ccc(C(=O)N2CCN(CC(=O)N3CCCC4CCCCC43)CC2)cc1F. The van der Waals surface area contributed by atoms with Crippen molar-refractivity contribution < 1.29 is 14.0 Å². The van der Waals surface area contributed by atoms with E-state index in [0.29, 0.717) is 55.8 Å². The van der Waals surface area contributed by atoms with E-state index < -0.39 is 0 Å². The van der Waals surface area contributed by atoms with Crippen LogP contribution in [-0.2, 0) is 4.79 Å². The van der Waals surface area contributed by atoms with Gasteiger partial charge in [-0.15, -0.1) is 0 Å². The van der Waals surface area contributed by atoms with Crippen LogP contribution in [0.25, 0.3) is 0 Å². The highest BCUT2D eigenvalue weighted by Crippen LogP contribution is 2.35. The first-order chi connectivity index (χ1) is 14.0. The van der Waals surface area contributed by atoms with Crippen molar-refractivity contribution in [3.05, 3.63) is 35.1 Å². The maximum Gasteiger partial charge on any atom is 0.254 e. The number of likely N-dealkylation sites (tertiary alicyclic amines) is 1. The summed E-state index contributed by atoms with van der Waals surface area (Å²) in [6, 6.07) is 5.11. The summed E-state index contributed by atoms with van der Waals surface area (Å²) in [5.41, 5.74) is 0.942. The van der Waals surface area contributed by atoms with Crippen molar-refractivity contribution in [3.8, 4) is 0 Å². The van der Waals surface area contributed by atoms with Crippen LogP contribution in [-0.4, -0.2) is 71.8 Å². The van der Waals surface area contributed by atoms with Crippen molar-refractivity contribution in [1.29, 1.82) is 0 Å². The van der Waals surface area contributed by atoms with Gasteiger partial charge in [0.05, 0.1) is 6.54 Å². The predicted molar refractivity (Wildman–Crippen MR) is 110 cm³/mol. The lowest BCUT2D eigenvalue weighted by atomic mass is 9.78. The molecule has 0 radical (unpaired) electrons. The molecule has 2 atom stereocenters. The highest BCUT2D eigenvalue weighted by molar-refractivity contribution is 5.94. The highest BCUT2D eigenvalue weighted by Gasteiger charge is 2.36. The van der Waals surface area contributed by atoms with Crippen molar-refractivity contribution in [1.82, 2.24) is 14.7 Å². The van der Waals surface area contributed by atoms with Gasteiger partial charge in [0.2, 0.25) is 5.91 Å². The second kappa shape index (κ2) is 8.82. The Morgan fingerprint density at radius 3 is 2.48 bits per heavy atom. The van der Waals surface area contributed by atoms with Crippen LogP contribution >= 0.6 is 0 Å². The molecule has 3 aliphatic rings. The van der Waals surface area contributed by atoms with Gasteiger partial charge < -0.3 is 9.80 Å². The molecule has 3 fully saturated rings. The second-order valence-corrected chi connectivity index (χ2v) is 8.87. The second-order valence-electron chi connectivity index (χ2n) is 8.87. The van der Waals surface area contributed by atoms with Crippen molar-refractivity contribution in [2.24, 2.45) is 5.92 Å². The Balaban J connectivity index is 1.29. The Kier molecular flexibility index (Phi) is 6.18. The molecule has 2 heterocycles. The molecule has 0 bridgehead atoms. The Labute approximate surface area is 172 Å². The van der Waals surface area contributed by atoms with E-state index in [-0.39, 0.29) is 17.6 Å². The molecule has 1 aliphatic carbocycles. The molecule has 6 heteroatoms. The molecule has 29 heavy (non-hydrogen) atoms. The first kappa shape index (κ1) is 20.3. The molecule has 5 nitrogen and oxygen atoms in total. The van der Waals surface area contributed by atoms with Crippen molar-refractivity contribution >= 4 is 11.8 Å². The van der Waals surface area contributed by atoms with Crippen LogP contribution in [0, 0.1) is 18.7 Å². The molecular formula is C23H32FN3O2. The van der Waals surface area contributed by atoms with E-state index in [1.165, 1.54) is 31.7 Å². The lowest BCUT2D eigenvalue weighted by Crippen LogP contribution is -2.55.